The molecule has 0 N–H and O–H groups in total. The van der Waals surface area contributed by atoms with Gasteiger partial charge in [-0.1, -0.05) is 13.8 Å². The molecule has 1 unspecified atom stereocenters. The van der Waals surface area contributed by atoms with Crippen LogP contribution in [0.25, 0.3) is 0 Å². The normalized spacial score (nSPS) is 47.7. The lowest BCUT2D eigenvalue weighted by atomic mass is 9.81. The number of hydrogen-bond acceptors (Lipinski definition) is 2. The molecule has 0 aromatic heterocycles. The highest BCUT2D eigenvalue weighted by Crippen LogP contribution is 2.40. The Morgan fingerprint density at radius 1 is 1.42 bits per heavy atom. The van der Waals surface area contributed by atoms with Crippen LogP contribution in [0.15, 0.2) is 0 Å². The van der Waals surface area contributed by atoms with Crippen molar-refractivity contribution in [3.8, 4) is 0 Å². The van der Waals surface area contributed by atoms with Crippen molar-refractivity contribution in [1.82, 2.24) is 0 Å². The van der Waals surface area contributed by atoms with Crippen molar-refractivity contribution >= 4 is 5.78 Å². The van der Waals surface area contributed by atoms with E-state index in [1.54, 1.807) is 0 Å². The average Bonchev–Trinajstić information content (AvgIpc) is 2.29. The molecular formula is C10H16O2. The summed E-state index contributed by atoms with van der Waals surface area (Å²) in [4.78, 5) is 11.4. The molecule has 0 aromatic carbocycles. The van der Waals surface area contributed by atoms with Gasteiger partial charge in [0.2, 0.25) is 0 Å². The summed E-state index contributed by atoms with van der Waals surface area (Å²) in [5, 5.41) is 0. The summed E-state index contributed by atoms with van der Waals surface area (Å²) in [6.45, 7) is 5.15. The van der Waals surface area contributed by atoms with E-state index >= 15 is 0 Å². The van der Waals surface area contributed by atoms with Gasteiger partial charge in [0.25, 0.3) is 0 Å². The van der Waals surface area contributed by atoms with E-state index in [-0.39, 0.29) is 12.0 Å². The molecule has 12 heavy (non-hydrogen) atoms. The molecule has 68 valence electrons. The van der Waals surface area contributed by atoms with E-state index in [9.17, 15) is 4.79 Å². The van der Waals surface area contributed by atoms with Gasteiger partial charge in [-0.2, -0.15) is 0 Å². The minimum Gasteiger partial charge on any atom is -0.377 e. The Balaban J connectivity index is 2.17. The third-order valence-electron chi connectivity index (χ3n) is 3.48. The van der Waals surface area contributed by atoms with E-state index in [2.05, 4.69) is 13.8 Å². The van der Waals surface area contributed by atoms with Gasteiger partial charge in [-0.3, -0.25) is 4.79 Å². The second-order valence-electron chi connectivity index (χ2n) is 4.21. The van der Waals surface area contributed by atoms with E-state index in [4.69, 9.17) is 4.74 Å². The number of ketones is 1. The number of fused-ring (bicyclic) bond motifs is 1. The first kappa shape index (κ1) is 8.24. The number of carbonyl (C=O) groups is 1. The minimum absolute atomic E-state index is 0.241. The van der Waals surface area contributed by atoms with Gasteiger partial charge in [0.15, 0.2) is 0 Å². The van der Waals surface area contributed by atoms with Gasteiger partial charge >= 0.3 is 0 Å². The van der Waals surface area contributed by atoms with Crippen LogP contribution in [0.1, 0.15) is 26.7 Å². The first-order valence-electron chi connectivity index (χ1n) is 4.84. The highest BCUT2D eigenvalue weighted by Gasteiger charge is 2.44. The summed E-state index contributed by atoms with van der Waals surface area (Å²) in [5.41, 5.74) is 0. The van der Waals surface area contributed by atoms with Crippen LogP contribution in [0.4, 0.5) is 0 Å². The quantitative estimate of drug-likeness (QED) is 0.549. The summed E-state index contributed by atoms with van der Waals surface area (Å²) in [6, 6.07) is 0. The van der Waals surface area contributed by atoms with Gasteiger partial charge < -0.3 is 4.74 Å². The molecule has 2 fully saturated rings. The fourth-order valence-corrected chi connectivity index (χ4v) is 2.68. The lowest BCUT2D eigenvalue weighted by Gasteiger charge is -2.33. The number of ether oxygens (including phenoxy) is 1. The number of Topliss-reactive ketones (excluding diaryl/α,β-unsaturated/α-hetero) is 1. The summed E-state index contributed by atoms with van der Waals surface area (Å²) in [7, 11) is 0. The van der Waals surface area contributed by atoms with Crippen LogP contribution in [-0.2, 0) is 9.53 Å². The summed E-state index contributed by atoms with van der Waals surface area (Å²) < 4.78 is 5.59. The van der Waals surface area contributed by atoms with Crippen LogP contribution in [0.3, 0.4) is 0 Å². The Hall–Kier alpha value is -0.370. The Morgan fingerprint density at radius 3 is 2.83 bits per heavy atom. The first-order chi connectivity index (χ1) is 5.70. The molecule has 1 heterocycles. The fraction of sp³-hybridized carbons (Fsp3) is 0.900. The molecule has 2 aliphatic rings. The first-order valence-corrected chi connectivity index (χ1v) is 4.84. The molecule has 0 radical (unpaired) electrons. The Morgan fingerprint density at radius 2 is 2.17 bits per heavy atom. The van der Waals surface area contributed by atoms with E-state index in [0.29, 0.717) is 24.0 Å². The van der Waals surface area contributed by atoms with E-state index < -0.39 is 0 Å². The number of carbonyl (C=O) groups excluding carboxylic acids is 1. The van der Waals surface area contributed by atoms with Crippen LogP contribution in [-0.4, -0.2) is 18.5 Å². The van der Waals surface area contributed by atoms with Crippen molar-refractivity contribution in [2.75, 3.05) is 6.61 Å². The van der Waals surface area contributed by atoms with Crippen molar-refractivity contribution in [2.45, 2.75) is 32.8 Å². The standard InChI is InChI=1S/C10H16O2/c1-6-3-4-12-9-5-8(11)7(2)10(6)9/h6-7,9-10H,3-5H2,1-2H3/t6-,7+,9?,10-/m1/s1. The molecular weight excluding hydrogens is 152 g/mol. The molecule has 1 aliphatic heterocycles. The van der Waals surface area contributed by atoms with E-state index in [0.717, 1.165) is 13.0 Å². The van der Waals surface area contributed by atoms with E-state index in [1.807, 2.05) is 0 Å². The predicted molar refractivity (Wildman–Crippen MR) is 45.8 cm³/mol. The largest absolute Gasteiger partial charge is 0.377 e. The molecule has 2 nitrogen and oxygen atoms in total. The zero-order chi connectivity index (χ0) is 8.72. The lowest BCUT2D eigenvalue weighted by molar-refractivity contribution is -0.121. The summed E-state index contributed by atoms with van der Waals surface area (Å²) in [5.74, 6) is 1.82. The molecule has 1 saturated heterocycles. The lowest BCUT2D eigenvalue weighted by Crippen LogP contribution is -2.33. The van der Waals surface area contributed by atoms with Gasteiger partial charge in [0.05, 0.1) is 6.10 Å². The predicted octanol–water partition coefficient (Wildman–Crippen LogP) is 1.64. The maximum absolute atomic E-state index is 11.4. The highest BCUT2D eigenvalue weighted by molar-refractivity contribution is 5.84. The van der Waals surface area contributed by atoms with Crippen LogP contribution in [0, 0.1) is 17.8 Å². The van der Waals surface area contributed by atoms with Crippen molar-refractivity contribution in [3.63, 3.8) is 0 Å². The van der Waals surface area contributed by atoms with Gasteiger partial charge in [-0.25, -0.2) is 0 Å². The van der Waals surface area contributed by atoms with Gasteiger partial charge in [0.1, 0.15) is 5.78 Å². The second-order valence-corrected chi connectivity index (χ2v) is 4.21. The number of hydrogen-bond donors (Lipinski definition) is 0. The third kappa shape index (κ3) is 1.09. The molecule has 0 bridgehead atoms. The van der Waals surface area contributed by atoms with Crippen molar-refractivity contribution in [1.29, 1.82) is 0 Å². The Labute approximate surface area is 73.3 Å². The van der Waals surface area contributed by atoms with Crippen LogP contribution in [0.5, 0.6) is 0 Å². The molecule has 0 aromatic rings. The van der Waals surface area contributed by atoms with Crippen LogP contribution >= 0.6 is 0 Å². The Bertz CT molecular complexity index is 200. The fourth-order valence-electron chi connectivity index (χ4n) is 2.68. The zero-order valence-corrected chi connectivity index (χ0v) is 7.75. The highest BCUT2D eigenvalue weighted by atomic mass is 16.5. The molecule has 0 spiro atoms. The van der Waals surface area contributed by atoms with Crippen LogP contribution in [0.2, 0.25) is 0 Å². The Kier molecular flexibility index (Phi) is 1.95. The van der Waals surface area contributed by atoms with Crippen molar-refractivity contribution in [3.05, 3.63) is 0 Å². The maximum atomic E-state index is 11.4. The monoisotopic (exact) mass is 168 g/mol. The molecule has 1 saturated carbocycles. The van der Waals surface area contributed by atoms with Gasteiger partial charge in [-0.05, 0) is 18.3 Å². The molecule has 2 heteroatoms. The topological polar surface area (TPSA) is 26.3 Å². The van der Waals surface area contributed by atoms with Gasteiger partial charge in [0, 0.05) is 18.9 Å². The van der Waals surface area contributed by atoms with Crippen molar-refractivity contribution in [2.24, 2.45) is 17.8 Å². The molecule has 4 atom stereocenters. The van der Waals surface area contributed by atoms with E-state index in [1.165, 1.54) is 0 Å². The second kappa shape index (κ2) is 2.84. The summed E-state index contributed by atoms with van der Waals surface area (Å²) >= 11 is 0. The molecule has 1 aliphatic carbocycles. The number of rotatable bonds is 0. The third-order valence-corrected chi connectivity index (χ3v) is 3.48. The van der Waals surface area contributed by atoms with Gasteiger partial charge in [-0.15, -0.1) is 0 Å². The van der Waals surface area contributed by atoms with Crippen LogP contribution < -0.4 is 0 Å². The average molecular weight is 168 g/mol. The summed E-state index contributed by atoms with van der Waals surface area (Å²) in [6.07, 6.45) is 2.03. The zero-order valence-electron chi connectivity index (χ0n) is 7.75. The smallest absolute Gasteiger partial charge is 0.138 e. The SMILES string of the molecule is C[C@@H]1CCOC2CC(=O)[C@H](C)[C@H]21. The van der Waals surface area contributed by atoms with Crippen molar-refractivity contribution < 1.29 is 9.53 Å². The molecule has 0 amide bonds. The molecule has 2 rings (SSSR count). The minimum atomic E-state index is 0.241. The maximum Gasteiger partial charge on any atom is 0.138 e.